The lowest BCUT2D eigenvalue weighted by Gasteiger charge is -2.42. The molecule has 2 saturated heterocycles. The van der Waals surface area contributed by atoms with Crippen LogP contribution in [0.2, 0.25) is 0 Å². The molecule has 0 saturated carbocycles. The van der Waals surface area contributed by atoms with E-state index in [9.17, 15) is 0 Å². The molecule has 0 bridgehead atoms. The van der Waals surface area contributed by atoms with Gasteiger partial charge in [-0.05, 0) is 44.7 Å². The molecule has 2 aliphatic heterocycles. The van der Waals surface area contributed by atoms with Gasteiger partial charge in [0.1, 0.15) is 0 Å². The monoisotopic (exact) mass is 256 g/mol. The molecule has 0 radical (unpaired) electrons. The van der Waals surface area contributed by atoms with E-state index in [1.807, 2.05) is 0 Å². The molecular weight excluding hydrogens is 228 g/mol. The van der Waals surface area contributed by atoms with Crippen molar-refractivity contribution in [2.45, 2.75) is 25.7 Å². The third-order valence-electron chi connectivity index (χ3n) is 4.51. The Kier molecular flexibility index (Phi) is 5.42. The van der Waals surface area contributed by atoms with Gasteiger partial charge in [0.15, 0.2) is 0 Å². The van der Waals surface area contributed by atoms with Gasteiger partial charge in [0.2, 0.25) is 0 Å². The number of hydrogen-bond donors (Lipinski definition) is 1. The molecule has 1 atom stereocenters. The van der Waals surface area contributed by atoms with E-state index in [0.29, 0.717) is 0 Å². The molecule has 2 N–H and O–H groups in total. The van der Waals surface area contributed by atoms with Gasteiger partial charge in [0, 0.05) is 38.8 Å². The number of hydrogen-bond acceptors (Lipinski definition) is 4. The van der Waals surface area contributed by atoms with Gasteiger partial charge >= 0.3 is 0 Å². The minimum absolute atomic E-state index is 0.215. The molecule has 2 aliphatic rings. The van der Waals surface area contributed by atoms with Crippen LogP contribution in [0.5, 0.6) is 0 Å². The van der Waals surface area contributed by atoms with Crippen LogP contribution in [-0.2, 0) is 9.47 Å². The summed E-state index contributed by atoms with van der Waals surface area (Å²) in [5, 5.41) is 0. The Labute approximate surface area is 111 Å². The second kappa shape index (κ2) is 6.85. The number of methoxy groups -OCH3 is 1. The Morgan fingerprint density at radius 1 is 1.39 bits per heavy atom. The third kappa shape index (κ3) is 3.67. The van der Waals surface area contributed by atoms with E-state index in [4.69, 9.17) is 15.2 Å². The van der Waals surface area contributed by atoms with Crippen LogP contribution in [0.1, 0.15) is 25.7 Å². The Balaban J connectivity index is 1.79. The second-order valence-electron chi connectivity index (χ2n) is 6.04. The van der Waals surface area contributed by atoms with Crippen molar-refractivity contribution in [2.75, 3.05) is 53.1 Å². The van der Waals surface area contributed by atoms with Gasteiger partial charge in [-0.15, -0.1) is 0 Å². The number of likely N-dealkylation sites (tertiary alicyclic amines) is 1. The number of ether oxygens (including phenoxy) is 2. The van der Waals surface area contributed by atoms with Gasteiger partial charge < -0.3 is 20.1 Å². The molecule has 0 aliphatic carbocycles. The first-order valence-electron chi connectivity index (χ1n) is 7.27. The average Bonchev–Trinajstić information content (AvgIpc) is 2.42. The van der Waals surface area contributed by atoms with Gasteiger partial charge in [-0.2, -0.15) is 0 Å². The van der Waals surface area contributed by atoms with E-state index < -0.39 is 0 Å². The molecule has 0 aromatic carbocycles. The zero-order chi connectivity index (χ0) is 12.8. The van der Waals surface area contributed by atoms with Crippen molar-refractivity contribution in [3.63, 3.8) is 0 Å². The summed E-state index contributed by atoms with van der Waals surface area (Å²) < 4.78 is 10.9. The molecule has 2 fully saturated rings. The van der Waals surface area contributed by atoms with Crippen LogP contribution in [0.15, 0.2) is 0 Å². The summed E-state index contributed by atoms with van der Waals surface area (Å²) in [6.07, 6.45) is 4.91. The van der Waals surface area contributed by atoms with Gasteiger partial charge in [-0.3, -0.25) is 0 Å². The van der Waals surface area contributed by atoms with E-state index in [0.717, 1.165) is 45.2 Å². The number of rotatable bonds is 5. The lowest BCUT2D eigenvalue weighted by molar-refractivity contribution is -0.0283. The number of nitrogens with zero attached hydrogens (tertiary/aromatic N) is 1. The van der Waals surface area contributed by atoms with Crippen molar-refractivity contribution in [3.8, 4) is 0 Å². The highest BCUT2D eigenvalue weighted by atomic mass is 16.5. The molecule has 0 amide bonds. The van der Waals surface area contributed by atoms with Crippen molar-refractivity contribution >= 4 is 0 Å². The fourth-order valence-electron chi connectivity index (χ4n) is 3.28. The highest BCUT2D eigenvalue weighted by molar-refractivity contribution is 4.87. The lowest BCUT2D eigenvalue weighted by atomic mass is 9.81. The van der Waals surface area contributed by atoms with E-state index in [1.54, 1.807) is 7.11 Å². The number of piperidine rings is 1. The van der Waals surface area contributed by atoms with Crippen LogP contribution in [-0.4, -0.2) is 58.0 Å². The largest absolute Gasteiger partial charge is 0.384 e. The standard InChI is InChI=1S/C14H28N2O2/c1-17-9-13-3-6-16(7-4-13)11-14(10-15)5-2-8-18-12-14/h13H,2-12,15H2,1H3. The first-order valence-corrected chi connectivity index (χ1v) is 7.27. The van der Waals surface area contributed by atoms with Gasteiger partial charge in [-0.25, -0.2) is 0 Å². The summed E-state index contributed by atoms with van der Waals surface area (Å²) in [5.74, 6) is 0.752. The molecule has 2 heterocycles. The molecule has 0 spiro atoms. The van der Waals surface area contributed by atoms with Crippen molar-refractivity contribution in [3.05, 3.63) is 0 Å². The second-order valence-corrected chi connectivity index (χ2v) is 6.04. The zero-order valence-corrected chi connectivity index (χ0v) is 11.7. The van der Waals surface area contributed by atoms with Crippen LogP contribution in [0.4, 0.5) is 0 Å². The first kappa shape index (κ1) is 14.3. The molecule has 1 unspecified atom stereocenters. The maximum atomic E-state index is 6.00. The maximum absolute atomic E-state index is 6.00. The summed E-state index contributed by atoms with van der Waals surface area (Å²) in [5.41, 5.74) is 6.22. The summed E-state index contributed by atoms with van der Waals surface area (Å²) >= 11 is 0. The highest BCUT2D eigenvalue weighted by Crippen LogP contribution is 2.30. The van der Waals surface area contributed by atoms with Crippen LogP contribution in [0.3, 0.4) is 0 Å². The van der Waals surface area contributed by atoms with E-state index in [2.05, 4.69) is 4.90 Å². The maximum Gasteiger partial charge on any atom is 0.0546 e. The zero-order valence-electron chi connectivity index (χ0n) is 11.7. The van der Waals surface area contributed by atoms with E-state index in [-0.39, 0.29) is 5.41 Å². The Hall–Kier alpha value is -0.160. The average molecular weight is 256 g/mol. The van der Waals surface area contributed by atoms with Crippen LogP contribution >= 0.6 is 0 Å². The summed E-state index contributed by atoms with van der Waals surface area (Å²) in [4.78, 5) is 2.58. The molecular formula is C14H28N2O2. The predicted molar refractivity (Wildman–Crippen MR) is 72.6 cm³/mol. The molecule has 2 rings (SSSR count). The Bertz CT molecular complexity index is 234. The molecule has 4 heteroatoms. The predicted octanol–water partition coefficient (Wildman–Crippen LogP) is 1.10. The molecule has 106 valence electrons. The minimum atomic E-state index is 0.215. The molecule has 18 heavy (non-hydrogen) atoms. The molecule has 0 aromatic rings. The Morgan fingerprint density at radius 3 is 2.72 bits per heavy atom. The molecule has 0 aromatic heterocycles. The van der Waals surface area contributed by atoms with E-state index in [1.165, 1.54) is 32.4 Å². The summed E-state index contributed by atoms with van der Waals surface area (Å²) in [6.45, 7) is 6.93. The van der Waals surface area contributed by atoms with E-state index >= 15 is 0 Å². The van der Waals surface area contributed by atoms with Crippen LogP contribution in [0, 0.1) is 11.3 Å². The fourth-order valence-corrected chi connectivity index (χ4v) is 3.28. The minimum Gasteiger partial charge on any atom is -0.384 e. The van der Waals surface area contributed by atoms with Gasteiger partial charge in [0.05, 0.1) is 6.61 Å². The van der Waals surface area contributed by atoms with Crippen LogP contribution < -0.4 is 5.73 Å². The van der Waals surface area contributed by atoms with Crippen molar-refractivity contribution in [1.29, 1.82) is 0 Å². The van der Waals surface area contributed by atoms with Crippen LogP contribution in [0.25, 0.3) is 0 Å². The fraction of sp³-hybridized carbons (Fsp3) is 1.00. The summed E-state index contributed by atoms with van der Waals surface area (Å²) in [7, 11) is 1.80. The quantitative estimate of drug-likeness (QED) is 0.800. The highest BCUT2D eigenvalue weighted by Gasteiger charge is 2.34. The Morgan fingerprint density at radius 2 is 2.17 bits per heavy atom. The molecule has 4 nitrogen and oxygen atoms in total. The first-order chi connectivity index (χ1) is 8.78. The van der Waals surface area contributed by atoms with Gasteiger partial charge in [-0.1, -0.05) is 0 Å². The van der Waals surface area contributed by atoms with Crippen molar-refractivity contribution < 1.29 is 9.47 Å². The van der Waals surface area contributed by atoms with Crippen molar-refractivity contribution in [2.24, 2.45) is 17.1 Å². The number of nitrogens with two attached hydrogens (primary N) is 1. The summed E-state index contributed by atoms with van der Waals surface area (Å²) in [6, 6.07) is 0. The SMILES string of the molecule is COCC1CCN(CC2(CN)CCCOC2)CC1. The van der Waals surface area contributed by atoms with Gasteiger partial charge in [0.25, 0.3) is 0 Å². The lowest BCUT2D eigenvalue weighted by Crippen LogP contribution is -2.49. The normalized spacial score (nSPS) is 31.7. The topological polar surface area (TPSA) is 47.7 Å². The smallest absolute Gasteiger partial charge is 0.0546 e. The third-order valence-corrected chi connectivity index (χ3v) is 4.51. The van der Waals surface area contributed by atoms with Crippen molar-refractivity contribution in [1.82, 2.24) is 4.90 Å².